The molecule has 1 saturated heterocycles. The molecule has 5 heteroatoms. The Morgan fingerprint density at radius 2 is 2.12 bits per heavy atom. The van der Waals surface area contributed by atoms with Crippen LogP contribution in [0.5, 0.6) is 0 Å². The monoisotopic (exact) mass is 329 g/mol. The van der Waals surface area contributed by atoms with Gasteiger partial charge in [0.1, 0.15) is 5.60 Å². The van der Waals surface area contributed by atoms with Gasteiger partial charge in [0.25, 0.3) is 0 Å². The molecule has 24 heavy (non-hydrogen) atoms. The Hall–Kier alpha value is -2.04. The van der Waals surface area contributed by atoms with Gasteiger partial charge in [0.05, 0.1) is 11.0 Å². The number of hydrogen-bond acceptors (Lipinski definition) is 3. The maximum Gasteiger partial charge on any atom is 0.410 e. The number of fused-ring (bicyclic) bond motifs is 1. The summed E-state index contributed by atoms with van der Waals surface area (Å²) < 4.78 is 7.63. The van der Waals surface area contributed by atoms with E-state index in [-0.39, 0.29) is 6.09 Å². The third kappa shape index (κ3) is 3.40. The largest absolute Gasteiger partial charge is 0.444 e. The summed E-state index contributed by atoms with van der Waals surface area (Å²) in [6.45, 7) is 9.25. The van der Waals surface area contributed by atoms with Crippen molar-refractivity contribution in [2.24, 2.45) is 7.05 Å². The van der Waals surface area contributed by atoms with Crippen LogP contribution in [0.1, 0.15) is 50.8 Å². The standard InChI is InChI=1S/C19H27N3O2/c1-13-15(11-17-16(20-13)8-10-21(17)5)14-7-6-9-22(12-14)18(23)24-19(2,3)4/h8,10-11,14H,6-7,9,12H2,1-5H3. The molecule has 3 rings (SSSR count). The highest BCUT2D eigenvalue weighted by Crippen LogP contribution is 2.31. The maximum absolute atomic E-state index is 12.4. The second-order valence-electron chi connectivity index (χ2n) is 7.76. The van der Waals surface area contributed by atoms with Crippen LogP contribution in [0.3, 0.4) is 0 Å². The lowest BCUT2D eigenvalue weighted by atomic mass is 9.89. The SMILES string of the molecule is Cc1nc2ccn(C)c2cc1C1CCCN(C(=O)OC(C)(C)C)C1. The normalized spacial score (nSPS) is 18.9. The van der Waals surface area contributed by atoms with Crippen molar-refractivity contribution in [3.05, 3.63) is 29.6 Å². The fourth-order valence-electron chi connectivity index (χ4n) is 3.43. The van der Waals surface area contributed by atoms with Crippen LogP contribution in [-0.4, -0.2) is 39.2 Å². The molecule has 2 aromatic rings. The number of ether oxygens (including phenoxy) is 1. The number of carbonyl (C=O) groups excluding carboxylic acids is 1. The number of pyridine rings is 1. The molecule has 1 aliphatic heterocycles. The van der Waals surface area contributed by atoms with Crippen molar-refractivity contribution in [3.8, 4) is 0 Å². The first-order valence-corrected chi connectivity index (χ1v) is 8.65. The average molecular weight is 329 g/mol. The zero-order valence-electron chi connectivity index (χ0n) is 15.3. The van der Waals surface area contributed by atoms with Crippen molar-refractivity contribution < 1.29 is 9.53 Å². The van der Waals surface area contributed by atoms with Gasteiger partial charge in [-0.3, -0.25) is 4.98 Å². The van der Waals surface area contributed by atoms with Crippen molar-refractivity contribution >= 4 is 17.1 Å². The van der Waals surface area contributed by atoms with Crippen LogP contribution in [-0.2, 0) is 11.8 Å². The van der Waals surface area contributed by atoms with E-state index >= 15 is 0 Å². The molecule has 0 bridgehead atoms. The van der Waals surface area contributed by atoms with Gasteiger partial charge in [-0.15, -0.1) is 0 Å². The van der Waals surface area contributed by atoms with Gasteiger partial charge in [-0.2, -0.15) is 0 Å². The van der Waals surface area contributed by atoms with Crippen LogP contribution in [0.2, 0.25) is 0 Å². The summed E-state index contributed by atoms with van der Waals surface area (Å²) in [6, 6.07) is 4.28. The molecule has 1 fully saturated rings. The minimum absolute atomic E-state index is 0.210. The van der Waals surface area contributed by atoms with E-state index in [1.165, 1.54) is 5.56 Å². The van der Waals surface area contributed by atoms with Gasteiger partial charge in [-0.25, -0.2) is 4.79 Å². The first-order chi connectivity index (χ1) is 11.2. The van der Waals surface area contributed by atoms with Gasteiger partial charge in [0.15, 0.2) is 0 Å². The second-order valence-corrected chi connectivity index (χ2v) is 7.76. The van der Waals surface area contributed by atoms with Crippen LogP contribution in [0.15, 0.2) is 18.3 Å². The number of aromatic nitrogens is 2. The minimum Gasteiger partial charge on any atom is -0.444 e. The Kier molecular flexibility index (Phi) is 4.28. The highest BCUT2D eigenvalue weighted by atomic mass is 16.6. The quantitative estimate of drug-likeness (QED) is 0.794. The lowest BCUT2D eigenvalue weighted by molar-refractivity contribution is 0.0198. The molecule has 1 aliphatic rings. The smallest absolute Gasteiger partial charge is 0.410 e. The van der Waals surface area contributed by atoms with Gasteiger partial charge in [-0.1, -0.05) is 0 Å². The number of hydrogen-bond donors (Lipinski definition) is 0. The molecule has 1 amide bonds. The third-order valence-corrected chi connectivity index (χ3v) is 4.61. The van der Waals surface area contributed by atoms with Gasteiger partial charge in [-0.05, 0) is 58.2 Å². The van der Waals surface area contributed by atoms with E-state index in [2.05, 4.69) is 17.6 Å². The van der Waals surface area contributed by atoms with E-state index in [0.29, 0.717) is 12.5 Å². The van der Waals surface area contributed by atoms with Gasteiger partial charge in [0, 0.05) is 37.9 Å². The Balaban J connectivity index is 1.83. The molecular formula is C19H27N3O2. The summed E-state index contributed by atoms with van der Waals surface area (Å²) in [4.78, 5) is 19.0. The summed E-state index contributed by atoms with van der Waals surface area (Å²) in [5.74, 6) is 0.318. The van der Waals surface area contributed by atoms with E-state index in [0.717, 1.165) is 36.1 Å². The predicted molar refractivity (Wildman–Crippen MR) is 95.2 cm³/mol. The number of aryl methyl sites for hydroxylation is 2. The first kappa shape index (κ1) is 16.8. The fraction of sp³-hybridized carbons (Fsp3) is 0.579. The molecule has 0 N–H and O–H groups in total. The third-order valence-electron chi connectivity index (χ3n) is 4.61. The van der Waals surface area contributed by atoms with Gasteiger partial charge in [0.2, 0.25) is 0 Å². The Labute approximate surface area is 143 Å². The zero-order chi connectivity index (χ0) is 17.5. The van der Waals surface area contributed by atoms with Crippen LogP contribution in [0.4, 0.5) is 4.79 Å². The van der Waals surface area contributed by atoms with Crippen molar-refractivity contribution in [2.45, 2.75) is 52.1 Å². The molecule has 0 radical (unpaired) electrons. The number of piperidine rings is 1. The number of likely N-dealkylation sites (tertiary alicyclic amines) is 1. The maximum atomic E-state index is 12.4. The molecule has 0 saturated carbocycles. The van der Waals surface area contributed by atoms with Crippen molar-refractivity contribution in [3.63, 3.8) is 0 Å². The number of carbonyl (C=O) groups is 1. The van der Waals surface area contributed by atoms with Crippen LogP contribution >= 0.6 is 0 Å². The summed E-state index contributed by atoms with van der Waals surface area (Å²) >= 11 is 0. The summed E-state index contributed by atoms with van der Waals surface area (Å²) in [6.07, 6.45) is 3.90. The summed E-state index contributed by atoms with van der Waals surface area (Å²) in [5, 5.41) is 0. The topological polar surface area (TPSA) is 47.4 Å². The number of amides is 1. The second kappa shape index (κ2) is 6.11. The molecule has 0 aromatic carbocycles. The number of rotatable bonds is 1. The molecular weight excluding hydrogens is 302 g/mol. The van der Waals surface area contributed by atoms with E-state index in [1.807, 2.05) is 45.0 Å². The van der Waals surface area contributed by atoms with E-state index in [4.69, 9.17) is 9.72 Å². The van der Waals surface area contributed by atoms with E-state index in [9.17, 15) is 4.79 Å². The van der Waals surface area contributed by atoms with Crippen LogP contribution in [0.25, 0.3) is 11.0 Å². The van der Waals surface area contributed by atoms with Crippen LogP contribution in [0, 0.1) is 6.92 Å². The molecule has 5 nitrogen and oxygen atoms in total. The fourth-order valence-corrected chi connectivity index (χ4v) is 3.43. The minimum atomic E-state index is -0.455. The highest BCUT2D eigenvalue weighted by Gasteiger charge is 2.29. The average Bonchev–Trinajstić information content (AvgIpc) is 2.85. The summed E-state index contributed by atoms with van der Waals surface area (Å²) in [7, 11) is 2.04. The lowest BCUT2D eigenvalue weighted by Crippen LogP contribution is -2.42. The van der Waals surface area contributed by atoms with Crippen molar-refractivity contribution in [1.29, 1.82) is 0 Å². The van der Waals surface area contributed by atoms with E-state index in [1.54, 1.807) is 0 Å². The lowest BCUT2D eigenvalue weighted by Gasteiger charge is -2.34. The molecule has 130 valence electrons. The molecule has 1 atom stereocenters. The van der Waals surface area contributed by atoms with Crippen LogP contribution < -0.4 is 0 Å². The number of nitrogens with zero attached hydrogens (tertiary/aromatic N) is 3. The van der Waals surface area contributed by atoms with Crippen molar-refractivity contribution in [1.82, 2.24) is 14.5 Å². The first-order valence-electron chi connectivity index (χ1n) is 8.65. The Morgan fingerprint density at radius 3 is 2.83 bits per heavy atom. The summed E-state index contributed by atoms with van der Waals surface area (Å²) in [5.41, 5.74) is 4.02. The molecule has 1 unspecified atom stereocenters. The molecule has 0 spiro atoms. The van der Waals surface area contributed by atoms with Gasteiger partial charge >= 0.3 is 6.09 Å². The Morgan fingerprint density at radius 1 is 1.38 bits per heavy atom. The molecule has 3 heterocycles. The highest BCUT2D eigenvalue weighted by molar-refractivity contribution is 5.77. The predicted octanol–water partition coefficient (Wildman–Crippen LogP) is 4.00. The zero-order valence-corrected chi connectivity index (χ0v) is 15.3. The molecule has 0 aliphatic carbocycles. The Bertz CT molecular complexity index is 758. The van der Waals surface area contributed by atoms with Crippen molar-refractivity contribution in [2.75, 3.05) is 13.1 Å². The molecule has 2 aromatic heterocycles. The van der Waals surface area contributed by atoms with Gasteiger partial charge < -0.3 is 14.2 Å². The van der Waals surface area contributed by atoms with E-state index < -0.39 is 5.60 Å².